The summed E-state index contributed by atoms with van der Waals surface area (Å²) in [6, 6.07) is 6.21. The molecule has 68 valence electrons. The smallest absolute Gasteiger partial charge is 0.145 e. The summed E-state index contributed by atoms with van der Waals surface area (Å²) >= 11 is 0. The molecule has 0 fully saturated rings. The second-order valence-corrected chi connectivity index (χ2v) is 3.37. The van der Waals surface area contributed by atoms with Crippen LogP contribution in [-0.2, 0) is 4.79 Å². The van der Waals surface area contributed by atoms with Crippen LogP contribution >= 0.6 is 0 Å². The van der Waals surface area contributed by atoms with E-state index in [-0.39, 0.29) is 0 Å². The second-order valence-electron chi connectivity index (χ2n) is 3.37. The SMILES string of the molecule is CC(C=O)=Cc1ccc(C)cc1C. The van der Waals surface area contributed by atoms with Crippen molar-refractivity contribution in [2.75, 3.05) is 0 Å². The molecule has 1 aromatic rings. The summed E-state index contributed by atoms with van der Waals surface area (Å²) in [6.07, 6.45) is 2.78. The fourth-order valence-electron chi connectivity index (χ4n) is 1.27. The molecule has 0 aromatic heterocycles. The molecule has 0 unspecified atom stereocenters. The Kier molecular flexibility index (Phi) is 3.02. The number of allylic oxidation sites excluding steroid dienone is 1. The van der Waals surface area contributed by atoms with Crippen LogP contribution in [-0.4, -0.2) is 6.29 Å². The van der Waals surface area contributed by atoms with Crippen LogP contribution < -0.4 is 0 Å². The normalized spacial score (nSPS) is 11.5. The first-order valence-corrected chi connectivity index (χ1v) is 4.34. The predicted molar refractivity (Wildman–Crippen MR) is 55.6 cm³/mol. The average Bonchev–Trinajstić information content (AvgIpc) is 2.09. The first-order valence-electron chi connectivity index (χ1n) is 4.34. The van der Waals surface area contributed by atoms with Gasteiger partial charge < -0.3 is 0 Å². The molecule has 0 aliphatic heterocycles. The molecule has 0 spiro atoms. The molecule has 0 aliphatic rings. The van der Waals surface area contributed by atoms with Gasteiger partial charge in [0.1, 0.15) is 6.29 Å². The molecule has 0 bridgehead atoms. The van der Waals surface area contributed by atoms with Gasteiger partial charge in [-0.3, -0.25) is 4.79 Å². The molecule has 1 rings (SSSR count). The minimum atomic E-state index is 0.756. The third kappa shape index (κ3) is 2.55. The van der Waals surface area contributed by atoms with Crippen molar-refractivity contribution >= 4 is 12.4 Å². The Morgan fingerprint density at radius 2 is 2.00 bits per heavy atom. The minimum Gasteiger partial charge on any atom is -0.298 e. The van der Waals surface area contributed by atoms with E-state index in [1.807, 2.05) is 19.1 Å². The lowest BCUT2D eigenvalue weighted by atomic mass is 10.0. The maximum absolute atomic E-state index is 10.4. The second kappa shape index (κ2) is 4.04. The van der Waals surface area contributed by atoms with Crippen molar-refractivity contribution < 1.29 is 4.79 Å². The van der Waals surface area contributed by atoms with Crippen molar-refractivity contribution in [3.63, 3.8) is 0 Å². The van der Waals surface area contributed by atoms with Gasteiger partial charge in [-0.25, -0.2) is 0 Å². The van der Waals surface area contributed by atoms with Gasteiger partial charge in [0.25, 0.3) is 0 Å². The highest BCUT2D eigenvalue weighted by Gasteiger charge is 1.95. The number of carbonyl (C=O) groups excluding carboxylic acids is 1. The molecule has 1 heteroatoms. The van der Waals surface area contributed by atoms with Gasteiger partial charge in [0.05, 0.1) is 0 Å². The maximum atomic E-state index is 10.4. The third-order valence-corrected chi connectivity index (χ3v) is 1.99. The topological polar surface area (TPSA) is 17.1 Å². The molecule has 0 N–H and O–H groups in total. The summed E-state index contributed by atoms with van der Waals surface area (Å²) in [5.41, 5.74) is 4.33. The Bertz CT molecular complexity index is 348. The van der Waals surface area contributed by atoms with Gasteiger partial charge in [-0.15, -0.1) is 0 Å². The molecular weight excluding hydrogens is 160 g/mol. The first-order chi connectivity index (χ1) is 6.13. The van der Waals surface area contributed by atoms with Gasteiger partial charge in [-0.2, -0.15) is 0 Å². The maximum Gasteiger partial charge on any atom is 0.145 e. The molecule has 0 saturated heterocycles. The lowest BCUT2D eigenvalue weighted by Gasteiger charge is -2.01. The van der Waals surface area contributed by atoms with E-state index in [4.69, 9.17) is 0 Å². The Morgan fingerprint density at radius 1 is 1.31 bits per heavy atom. The number of aldehydes is 1. The molecule has 0 amide bonds. The van der Waals surface area contributed by atoms with Crippen LogP contribution in [0.2, 0.25) is 0 Å². The monoisotopic (exact) mass is 174 g/mol. The molecule has 1 nitrogen and oxygen atoms in total. The highest BCUT2D eigenvalue weighted by atomic mass is 16.1. The minimum absolute atomic E-state index is 0.756. The fraction of sp³-hybridized carbons (Fsp3) is 0.250. The van der Waals surface area contributed by atoms with Gasteiger partial charge >= 0.3 is 0 Å². The van der Waals surface area contributed by atoms with Crippen molar-refractivity contribution in [1.82, 2.24) is 0 Å². The molecule has 0 radical (unpaired) electrons. The van der Waals surface area contributed by atoms with E-state index in [9.17, 15) is 4.79 Å². The van der Waals surface area contributed by atoms with Crippen molar-refractivity contribution in [3.8, 4) is 0 Å². The molecular formula is C12H14O. The van der Waals surface area contributed by atoms with Crippen LogP contribution in [0.25, 0.3) is 6.08 Å². The van der Waals surface area contributed by atoms with E-state index in [1.165, 1.54) is 11.1 Å². The summed E-state index contributed by atoms with van der Waals surface area (Å²) < 4.78 is 0. The Labute approximate surface area is 79.1 Å². The van der Waals surface area contributed by atoms with Gasteiger partial charge in [-0.1, -0.05) is 23.8 Å². The number of hydrogen-bond acceptors (Lipinski definition) is 1. The summed E-state index contributed by atoms with van der Waals surface area (Å²) in [7, 11) is 0. The lowest BCUT2D eigenvalue weighted by Crippen LogP contribution is -1.84. The third-order valence-electron chi connectivity index (χ3n) is 1.99. The summed E-state index contributed by atoms with van der Waals surface area (Å²) in [4.78, 5) is 10.4. The van der Waals surface area contributed by atoms with Crippen LogP contribution in [0.5, 0.6) is 0 Å². The summed E-state index contributed by atoms with van der Waals surface area (Å²) in [6.45, 7) is 5.93. The number of carbonyl (C=O) groups is 1. The van der Waals surface area contributed by atoms with Gasteiger partial charge in [0.2, 0.25) is 0 Å². The van der Waals surface area contributed by atoms with E-state index < -0.39 is 0 Å². The molecule has 0 atom stereocenters. The van der Waals surface area contributed by atoms with E-state index in [1.54, 1.807) is 0 Å². The van der Waals surface area contributed by atoms with Crippen molar-refractivity contribution in [2.24, 2.45) is 0 Å². The number of rotatable bonds is 2. The highest BCUT2D eigenvalue weighted by molar-refractivity contribution is 5.81. The Hall–Kier alpha value is -1.37. The highest BCUT2D eigenvalue weighted by Crippen LogP contribution is 2.13. The first kappa shape index (κ1) is 9.72. The Balaban J connectivity index is 3.09. The van der Waals surface area contributed by atoms with Crippen LogP contribution in [0.1, 0.15) is 23.6 Å². The number of aryl methyl sites for hydroxylation is 2. The Morgan fingerprint density at radius 3 is 2.54 bits per heavy atom. The standard InChI is InChI=1S/C12H14O/c1-9-4-5-12(11(3)6-9)7-10(2)8-13/h4-8H,1-3H3. The van der Waals surface area contributed by atoms with Crippen molar-refractivity contribution in [3.05, 3.63) is 40.5 Å². The zero-order chi connectivity index (χ0) is 9.84. The quantitative estimate of drug-likeness (QED) is 0.497. The molecule has 0 saturated carbocycles. The van der Waals surface area contributed by atoms with E-state index in [0.717, 1.165) is 17.4 Å². The van der Waals surface area contributed by atoms with Crippen LogP contribution in [0, 0.1) is 13.8 Å². The van der Waals surface area contributed by atoms with Crippen molar-refractivity contribution in [2.45, 2.75) is 20.8 Å². The predicted octanol–water partition coefficient (Wildman–Crippen LogP) is 2.91. The lowest BCUT2D eigenvalue weighted by molar-refractivity contribution is -0.104. The fourth-order valence-corrected chi connectivity index (χ4v) is 1.27. The van der Waals surface area contributed by atoms with Gasteiger partial charge in [0, 0.05) is 0 Å². The van der Waals surface area contributed by atoms with E-state index >= 15 is 0 Å². The number of benzene rings is 1. The average molecular weight is 174 g/mol. The number of hydrogen-bond donors (Lipinski definition) is 0. The van der Waals surface area contributed by atoms with Crippen LogP contribution in [0.15, 0.2) is 23.8 Å². The molecule has 0 heterocycles. The van der Waals surface area contributed by atoms with Crippen molar-refractivity contribution in [1.29, 1.82) is 0 Å². The largest absolute Gasteiger partial charge is 0.298 e. The zero-order valence-corrected chi connectivity index (χ0v) is 8.29. The molecule has 1 aromatic carbocycles. The van der Waals surface area contributed by atoms with Gasteiger partial charge in [0.15, 0.2) is 0 Å². The van der Waals surface area contributed by atoms with Crippen LogP contribution in [0.4, 0.5) is 0 Å². The summed E-state index contributed by atoms with van der Waals surface area (Å²) in [5.74, 6) is 0. The van der Waals surface area contributed by atoms with Crippen LogP contribution in [0.3, 0.4) is 0 Å². The van der Waals surface area contributed by atoms with E-state index in [2.05, 4.69) is 26.0 Å². The molecule has 13 heavy (non-hydrogen) atoms. The van der Waals surface area contributed by atoms with Gasteiger partial charge in [-0.05, 0) is 43.5 Å². The summed E-state index contributed by atoms with van der Waals surface area (Å²) in [5, 5.41) is 0. The molecule has 0 aliphatic carbocycles. The zero-order valence-electron chi connectivity index (χ0n) is 8.29. The van der Waals surface area contributed by atoms with E-state index in [0.29, 0.717) is 0 Å².